The summed E-state index contributed by atoms with van der Waals surface area (Å²) >= 11 is 0. The molecule has 2 rings (SSSR count). The number of hydrogen-bond acceptors (Lipinski definition) is 3. The molecule has 0 aromatic heterocycles. The topological polar surface area (TPSA) is 46.6 Å². The summed E-state index contributed by atoms with van der Waals surface area (Å²) in [4.78, 5) is 0. The molecule has 0 atom stereocenters. The second-order valence-electron chi connectivity index (χ2n) is 5.40. The average molecular weight is 385 g/mol. The molecule has 140 valence electrons. The van der Waals surface area contributed by atoms with Gasteiger partial charge in [0.25, 0.3) is 0 Å². The molecule has 8 heteroatoms. The molecular weight excluding hydrogens is 367 g/mol. The minimum absolute atomic E-state index is 0.365. The van der Waals surface area contributed by atoms with Gasteiger partial charge in [0.05, 0.1) is 7.11 Å². The molecule has 0 aliphatic heterocycles. The zero-order valence-electron chi connectivity index (χ0n) is 14.0. The summed E-state index contributed by atoms with van der Waals surface area (Å²) in [6.45, 7) is -0.765. The molecule has 0 saturated heterocycles. The van der Waals surface area contributed by atoms with Gasteiger partial charge < -0.3 is 4.74 Å². The Hall–Kier alpha value is -2.32. The third kappa shape index (κ3) is 5.09. The van der Waals surface area contributed by atoms with Gasteiger partial charge in [-0.15, -0.1) is 0 Å². The third-order valence-electron chi connectivity index (χ3n) is 3.57. The van der Waals surface area contributed by atoms with Gasteiger partial charge in [0.1, 0.15) is 5.75 Å². The highest BCUT2D eigenvalue weighted by Gasteiger charge is 2.49. The molecule has 0 fully saturated rings. The zero-order chi connectivity index (χ0) is 19.2. The van der Waals surface area contributed by atoms with E-state index in [-0.39, 0.29) is 6.54 Å². The van der Waals surface area contributed by atoms with E-state index in [9.17, 15) is 21.6 Å². The lowest BCUT2D eigenvalue weighted by Crippen LogP contribution is -2.40. The van der Waals surface area contributed by atoms with Crippen LogP contribution >= 0.6 is 0 Å². The molecule has 0 amide bonds. The Kier molecular flexibility index (Phi) is 6.44. The summed E-state index contributed by atoms with van der Waals surface area (Å²) in [6.07, 6.45) is 2.94. The molecule has 0 radical (unpaired) electrons. The van der Waals surface area contributed by atoms with Crippen LogP contribution in [0.1, 0.15) is 11.1 Å². The highest BCUT2D eigenvalue weighted by molar-refractivity contribution is 7.89. The van der Waals surface area contributed by atoms with Gasteiger partial charge in [-0.3, -0.25) is 0 Å². The maximum atomic E-state index is 13.0. The fourth-order valence-electron chi connectivity index (χ4n) is 2.20. The maximum Gasteiger partial charge on any atom is 0.511 e. The van der Waals surface area contributed by atoms with Crippen molar-refractivity contribution in [3.63, 3.8) is 0 Å². The lowest BCUT2D eigenvalue weighted by atomic mass is 10.2. The second-order valence-corrected chi connectivity index (χ2v) is 7.33. The van der Waals surface area contributed by atoms with Crippen LogP contribution in [0.15, 0.2) is 60.7 Å². The minimum atomic E-state index is -5.44. The normalized spacial score (nSPS) is 12.7. The first kappa shape index (κ1) is 20.0. The first-order valence-electron chi connectivity index (χ1n) is 7.65. The molecule has 0 aliphatic carbocycles. The molecule has 0 heterocycles. The van der Waals surface area contributed by atoms with Crippen molar-refractivity contribution >= 4 is 16.1 Å². The summed E-state index contributed by atoms with van der Waals surface area (Å²) in [6, 6.07) is 15.0. The van der Waals surface area contributed by atoms with Gasteiger partial charge in [-0.2, -0.15) is 17.5 Å². The Balaban J connectivity index is 2.19. The third-order valence-corrected chi connectivity index (χ3v) is 5.11. The number of hydrogen-bond donors (Lipinski definition) is 0. The fraction of sp³-hybridized carbons (Fsp3) is 0.222. The fourth-order valence-corrected chi connectivity index (χ4v) is 3.10. The number of benzene rings is 2. The van der Waals surface area contributed by atoms with Gasteiger partial charge >= 0.3 is 15.5 Å². The van der Waals surface area contributed by atoms with Crippen molar-refractivity contribution in [1.82, 2.24) is 4.31 Å². The Morgan fingerprint density at radius 3 is 2.19 bits per heavy atom. The summed E-state index contributed by atoms with van der Waals surface area (Å²) in [7, 11) is -3.92. The van der Waals surface area contributed by atoms with Crippen LogP contribution in [-0.2, 0) is 16.6 Å². The molecule has 0 saturated carbocycles. The lowest BCUT2D eigenvalue weighted by Gasteiger charge is -2.22. The zero-order valence-corrected chi connectivity index (χ0v) is 14.8. The van der Waals surface area contributed by atoms with Crippen molar-refractivity contribution in [3.8, 4) is 5.75 Å². The van der Waals surface area contributed by atoms with E-state index in [4.69, 9.17) is 4.74 Å². The highest BCUT2D eigenvalue weighted by atomic mass is 32.2. The van der Waals surface area contributed by atoms with Crippen LogP contribution < -0.4 is 4.74 Å². The summed E-state index contributed by atoms with van der Waals surface area (Å²) < 4.78 is 68.0. The van der Waals surface area contributed by atoms with Gasteiger partial charge in [0, 0.05) is 13.1 Å². The highest BCUT2D eigenvalue weighted by Crippen LogP contribution is 2.28. The average Bonchev–Trinajstić information content (AvgIpc) is 2.61. The molecule has 26 heavy (non-hydrogen) atoms. The van der Waals surface area contributed by atoms with E-state index in [1.165, 1.54) is 13.2 Å². The van der Waals surface area contributed by atoms with E-state index in [2.05, 4.69) is 0 Å². The van der Waals surface area contributed by atoms with E-state index < -0.39 is 22.1 Å². The molecule has 0 bridgehead atoms. The van der Waals surface area contributed by atoms with E-state index >= 15 is 0 Å². The van der Waals surface area contributed by atoms with Crippen molar-refractivity contribution in [2.45, 2.75) is 12.1 Å². The Morgan fingerprint density at radius 2 is 1.65 bits per heavy atom. The molecule has 0 aliphatic rings. The number of alkyl halides is 3. The predicted molar refractivity (Wildman–Crippen MR) is 93.9 cm³/mol. The molecule has 0 unspecified atom stereocenters. The number of sulfonamides is 1. The van der Waals surface area contributed by atoms with Crippen molar-refractivity contribution in [1.29, 1.82) is 0 Å². The van der Waals surface area contributed by atoms with E-state index in [0.717, 1.165) is 5.56 Å². The van der Waals surface area contributed by atoms with Crippen molar-refractivity contribution in [2.75, 3.05) is 13.7 Å². The van der Waals surface area contributed by atoms with Crippen LogP contribution in [-0.4, -0.2) is 31.9 Å². The SMILES string of the molecule is COc1ccc(/C=C/CN(Cc2ccccc2)S(=O)(=O)C(F)(F)F)cc1. The molecule has 4 nitrogen and oxygen atoms in total. The monoisotopic (exact) mass is 385 g/mol. The number of ether oxygens (including phenoxy) is 1. The van der Waals surface area contributed by atoms with Gasteiger partial charge in [-0.25, -0.2) is 8.42 Å². The largest absolute Gasteiger partial charge is 0.511 e. The summed E-state index contributed by atoms with van der Waals surface area (Å²) in [5, 5.41) is 0. The van der Waals surface area contributed by atoms with Crippen LogP contribution in [0.25, 0.3) is 6.08 Å². The van der Waals surface area contributed by atoms with E-state index in [1.54, 1.807) is 60.7 Å². The summed E-state index contributed by atoms with van der Waals surface area (Å²) in [5.41, 5.74) is -4.16. The lowest BCUT2D eigenvalue weighted by molar-refractivity contribution is -0.0488. The van der Waals surface area contributed by atoms with E-state index in [0.29, 0.717) is 15.6 Å². The quantitative estimate of drug-likeness (QED) is 0.722. The summed E-state index contributed by atoms with van der Waals surface area (Å²) in [5.74, 6) is 0.646. The van der Waals surface area contributed by atoms with Crippen LogP contribution in [0, 0.1) is 0 Å². The molecule has 2 aromatic rings. The molecular formula is C18H18F3NO3S. The number of halogens is 3. The predicted octanol–water partition coefficient (Wildman–Crippen LogP) is 4.06. The standard InChI is InChI=1S/C18H18F3NO3S/c1-25-17-11-9-15(10-12-17)8-5-13-22(26(23,24)18(19,20)21)14-16-6-3-2-4-7-16/h2-12H,13-14H2,1H3/b8-5+. The smallest absolute Gasteiger partial charge is 0.497 e. The van der Waals surface area contributed by atoms with Crippen LogP contribution in [0.3, 0.4) is 0 Å². The Bertz CT molecular complexity index is 832. The van der Waals surface area contributed by atoms with Crippen LogP contribution in [0.5, 0.6) is 5.75 Å². The van der Waals surface area contributed by atoms with Crippen LogP contribution in [0.2, 0.25) is 0 Å². The van der Waals surface area contributed by atoms with Gasteiger partial charge in [-0.05, 0) is 23.3 Å². The Morgan fingerprint density at radius 1 is 1.04 bits per heavy atom. The van der Waals surface area contributed by atoms with Crippen molar-refractivity contribution in [3.05, 3.63) is 71.8 Å². The van der Waals surface area contributed by atoms with E-state index in [1.807, 2.05) is 0 Å². The van der Waals surface area contributed by atoms with Crippen LogP contribution in [0.4, 0.5) is 13.2 Å². The Labute approximate surface area is 150 Å². The van der Waals surface area contributed by atoms with Gasteiger partial charge in [0.15, 0.2) is 0 Å². The van der Waals surface area contributed by atoms with Crippen molar-refractivity contribution < 1.29 is 26.3 Å². The van der Waals surface area contributed by atoms with Gasteiger partial charge in [0.2, 0.25) is 0 Å². The molecule has 0 spiro atoms. The number of methoxy groups -OCH3 is 1. The van der Waals surface area contributed by atoms with Gasteiger partial charge in [-0.1, -0.05) is 54.6 Å². The first-order valence-corrected chi connectivity index (χ1v) is 9.09. The first-order chi connectivity index (χ1) is 12.2. The second kappa shape index (κ2) is 8.37. The van der Waals surface area contributed by atoms with Crippen molar-refractivity contribution in [2.24, 2.45) is 0 Å². The molecule has 0 N–H and O–H groups in total. The minimum Gasteiger partial charge on any atom is -0.497 e. The molecule has 2 aromatic carbocycles. The number of rotatable bonds is 7. The maximum absolute atomic E-state index is 13.0. The number of nitrogens with zero attached hydrogens (tertiary/aromatic N) is 1.